The average molecular weight is 270 g/mol. The van der Waals surface area contributed by atoms with Gasteiger partial charge in [-0.15, -0.1) is 0 Å². The highest BCUT2D eigenvalue weighted by Crippen LogP contribution is 2.27. The number of carbonyl (C=O) groups is 1. The maximum absolute atomic E-state index is 12.1. The standard InChI is InChI=1S/C11H14N2O4S/c1-7(14)8-4-5-12(6-8)11(15)9-2-3-10(18-9)13(16)17/h2-3,7-8,14H,4-6H2,1H3. The van der Waals surface area contributed by atoms with Gasteiger partial charge in [0, 0.05) is 25.1 Å². The fourth-order valence-corrected chi connectivity index (χ4v) is 2.85. The lowest BCUT2D eigenvalue weighted by molar-refractivity contribution is -0.380. The minimum absolute atomic E-state index is 0.0235. The van der Waals surface area contributed by atoms with Crippen molar-refractivity contribution in [1.82, 2.24) is 4.90 Å². The molecular formula is C11H14N2O4S. The van der Waals surface area contributed by atoms with E-state index >= 15 is 0 Å². The minimum Gasteiger partial charge on any atom is -0.393 e. The van der Waals surface area contributed by atoms with Crippen LogP contribution in [0.25, 0.3) is 0 Å². The fourth-order valence-electron chi connectivity index (χ4n) is 2.06. The topological polar surface area (TPSA) is 83.7 Å². The molecule has 1 N–H and O–H groups in total. The van der Waals surface area contributed by atoms with Crippen LogP contribution < -0.4 is 0 Å². The van der Waals surface area contributed by atoms with Crippen LogP contribution in [0.15, 0.2) is 12.1 Å². The second-order valence-corrected chi connectivity index (χ2v) is 5.50. The predicted octanol–water partition coefficient (Wildman–Crippen LogP) is 1.50. The van der Waals surface area contributed by atoms with Gasteiger partial charge in [0.25, 0.3) is 5.91 Å². The van der Waals surface area contributed by atoms with Crippen molar-refractivity contribution in [3.05, 3.63) is 27.1 Å². The molecule has 2 rings (SSSR count). The number of hydrogen-bond donors (Lipinski definition) is 1. The van der Waals surface area contributed by atoms with E-state index in [9.17, 15) is 20.0 Å². The summed E-state index contributed by atoms with van der Waals surface area (Å²) in [5.74, 6) is -0.0832. The van der Waals surface area contributed by atoms with Crippen molar-refractivity contribution in [2.24, 2.45) is 5.92 Å². The molecule has 6 nitrogen and oxygen atoms in total. The largest absolute Gasteiger partial charge is 0.393 e. The maximum Gasteiger partial charge on any atom is 0.324 e. The van der Waals surface area contributed by atoms with Gasteiger partial charge in [-0.3, -0.25) is 14.9 Å². The summed E-state index contributed by atoms with van der Waals surface area (Å²) >= 11 is 0.893. The van der Waals surface area contributed by atoms with E-state index < -0.39 is 11.0 Å². The third kappa shape index (κ3) is 2.51. The summed E-state index contributed by atoms with van der Waals surface area (Å²) in [6, 6.07) is 2.83. The lowest BCUT2D eigenvalue weighted by Gasteiger charge is -2.16. The van der Waals surface area contributed by atoms with Crippen LogP contribution in [0.4, 0.5) is 5.00 Å². The third-order valence-corrected chi connectivity index (χ3v) is 4.20. The van der Waals surface area contributed by atoms with E-state index in [-0.39, 0.29) is 16.8 Å². The Morgan fingerprint density at radius 1 is 1.67 bits per heavy atom. The van der Waals surface area contributed by atoms with Gasteiger partial charge in [-0.05, 0) is 19.4 Å². The highest BCUT2D eigenvalue weighted by Gasteiger charge is 2.30. The van der Waals surface area contributed by atoms with Crippen molar-refractivity contribution in [3.63, 3.8) is 0 Å². The molecule has 2 unspecified atom stereocenters. The number of likely N-dealkylation sites (tertiary alicyclic amines) is 1. The van der Waals surface area contributed by atoms with Gasteiger partial charge in [0.15, 0.2) is 0 Å². The first kappa shape index (κ1) is 13.0. The molecule has 1 saturated heterocycles. The fraction of sp³-hybridized carbons (Fsp3) is 0.545. The average Bonchev–Trinajstić information content (AvgIpc) is 2.97. The Morgan fingerprint density at radius 2 is 2.39 bits per heavy atom. The van der Waals surface area contributed by atoms with Crippen LogP contribution >= 0.6 is 11.3 Å². The molecule has 0 aromatic carbocycles. The number of nitrogens with zero attached hydrogens (tertiary/aromatic N) is 2. The molecule has 1 aliphatic rings. The Morgan fingerprint density at radius 3 is 2.89 bits per heavy atom. The van der Waals surface area contributed by atoms with Gasteiger partial charge in [-0.2, -0.15) is 0 Å². The smallest absolute Gasteiger partial charge is 0.324 e. The highest BCUT2D eigenvalue weighted by molar-refractivity contribution is 7.17. The highest BCUT2D eigenvalue weighted by atomic mass is 32.1. The first-order chi connectivity index (χ1) is 8.49. The van der Waals surface area contributed by atoms with Crippen molar-refractivity contribution in [3.8, 4) is 0 Å². The Kier molecular flexibility index (Phi) is 3.63. The predicted molar refractivity (Wildman–Crippen MR) is 66.7 cm³/mol. The van der Waals surface area contributed by atoms with E-state index in [2.05, 4.69) is 0 Å². The van der Waals surface area contributed by atoms with E-state index in [4.69, 9.17) is 0 Å². The summed E-state index contributed by atoms with van der Waals surface area (Å²) in [5.41, 5.74) is 0. The van der Waals surface area contributed by atoms with E-state index in [1.165, 1.54) is 12.1 Å². The lowest BCUT2D eigenvalue weighted by atomic mass is 10.0. The second-order valence-electron chi connectivity index (χ2n) is 4.44. The summed E-state index contributed by atoms with van der Waals surface area (Å²) in [4.78, 5) is 24.2. The molecule has 0 bridgehead atoms. The van der Waals surface area contributed by atoms with Gasteiger partial charge in [0.05, 0.1) is 15.9 Å². The van der Waals surface area contributed by atoms with Crippen LogP contribution in [0, 0.1) is 16.0 Å². The van der Waals surface area contributed by atoms with Crippen LogP contribution in [0.3, 0.4) is 0 Å². The molecule has 1 aromatic heterocycles. The van der Waals surface area contributed by atoms with E-state index in [0.717, 1.165) is 17.8 Å². The molecule has 1 amide bonds. The van der Waals surface area contributed by atoms with Gasteiger partial charge in [-0.25, -0.2) is 0 Å². The number of rotatable bonds is 3. The van der Waals surface area contributed by atoms with Gasteiger partial charge < -0.3 is 10.0 Å². The summed E-state index contributed by atoms with van der Waals surface area (Å²) in [6.45, 7) is 2.83. The molecule has 0 spiro atoms. The lowest BCUT2D eigenvalue weighted by Crippen LogP contribution is -2.29. The van der Waals surface area contributed by atoms with Crippen molar-refractivity contribution in [2.75, 3.05) is 13.1 Å². The SMILES string of the molecule is CC(O)C1CCN(C(=O)c2ccc([N+](=O)[O-])s2)C1. The van der Waals surface area contributed by atoms with Gasteiger partial charge in [-0.1, -0.05) is 11.3 Å². The molecule has 2 heterocycles. The summed E-state index contributed by atoms with van der Waals surface area (Å²) in [6.07, 6.45) is 0.345. The Hall–Kier alpha value is -1.47. The zero-order valence-electron chi connectivity index (χ0n) is 9.91. The Bertz CT molecular complexity index is 471. The summed E-state index contributed by atoms with van der Waals surface area (Å²) in [5, 5.41) is 20.0. The number of aliphatic hydroxyl groups is 1. The van der Waals surface area contributed by atoms with E-state index in [1.54, 1.807) is 11.8 Å². The van der Waals surface area contributed by atoms with Crippen LogP contribution in [-0.4, -0.2) is 40.0 Å². The van der Waals surface area contributed by atoms with Crippen LogP contribution in [0.2, 0.25) is 0 Å². The quantitative estimate of drug-likeness (QED) is 0.666. The zero-order chi connectivity index (χ0) is 13.3. The molecule has 18 heavy (non-hydrogen) atoms. The zero-order valence-corrected chi connectivity index (χ0v) is 10.7. The van der Waals surface area contributed by atoms with E-state index in [0.29, 0.717) is 18.0 Å². The molecule has 1 fully saturated rings. The number of nitro groups is 1. The maximum atomic E-state index is 12.1. The van der Waals surface area contributed by atoms with Crippen molar-refractivity contribution in [1.29, 1.82) is 0 Å². The number of amides is 1. The van der Waals surface area contributed by atoms with Crippen LogP contribution in [-0.2, 0) is 0 Å². The molecule has 1 aliphatic heterocycles. The number of carbonyl (C=O) groups excluding carboxylic acids is 1. The second kappa shape index (κ2) is 5.03. The number of aliphatic hydroxyl groups excluding tert-OH is 1. The molecule has 0 aliphatic carbocycles. The van der Waals surface area contributed by atoms with Crippen molar-refractivity contribution in [2.45, 2.75) is 19.4 Å². The Balaban J connectivity index is 2.05. The van der Waals surface area contributed by atoms with Crippen molar-refractivity contribution < 1.29 is 14.8 Å². The van der Waals surface area contributed by atoms with Crippen LogP contribution in [0.5, 0.6) is 0 Å². The molecule has 0 radical (unpaired) electrons. The normalized spacial score (nSPS) is 21.0. The molecule has 0 saturated carbocycles. The minimum atomic E-state index is -0.496. The summed E-state index contributed by atoms with van der Waals surface area (Å²) < 4.78 is 0. The van der Waals surface area contributed by atoms with Gasteiger partial charge >= 0.3 is 5.00 Å². The molecule has 7 heteroatoms. The molecule has 1 aromatic rings. The van der Waals surface area contributed by atoms with Crippen LogP contribution in [0.1, 0.15) is 23.0 Å². The van der Waals surface area contributed by atoms with Gasteiger partial charge in [0.2, 0.25) is 0 Å². The first-order valence-corrected chi connectivity index (χ1v) is 6.52. The number of hydrogen-bond acceptors (Lipinski definition) is 5. The molecular weight excluding hydrogens is 256 g/mol. The first-order valence-electron chi connectivity index (χ1n) is 5.70. The summed E-state index contributed by atoms with van der Waals surface area (Å²) in [7, 11) is 0. The number of thiophene rings is 1. The molecule has 2 atom stereocenters. The van der Waals surface area contributed by atoms with E-state index in [1.807, 2.05) is 0 Å². The Labute approximate surface area is 108 Å². The van der Waals surface area contributed by atoms with Crippen molar-refractivity contribution >= 4 is 22.2 Å². The molecule has 98 valence electrons. The monoisotopic (exact) mass is 270 g/mol. The third-order valence-electron chi connectivity index (χ3n) is 3.18. The van der Waals surface area contributed by atoms with Gasteiger partial charge in [0.1, 0.15) is 0 Å².